The molecule has 0 spiro atoms. The van der Waals surface area contributed by atoms with Crippen molar-refractivity contribution in [2.75, 3.05) is 31.2 Å². The van der Waals surface area contributed by atoms with Crippen molar-refractivity contribution in [2.45, 2.75) is 20.4 Å². The lowest BCUT2D eigenvalue weighted by Gasteiger charge is -2.20. The van der Waals surface area contributed by atoms with E-state index in [-0.39, 0.29) is 12.4 Å². The van der Waals surface area contributed by atoms with Gasteiger partial charge < -0.3 is 10.5 Å². The second-order valence-corrected chi connectivity index (χ2v) is 6.27. The number of sulfonamides is 1. The highest BCUT2D eigenvalue weighted by atomic mass is 32.2. The Morgan fingerprint density at radius 2 is 1.84 bits per heavy atom. The van der Waals surface area contributed by atoms with E-state index in [1.54, 1.807) is 12.1 Å². The molecule has 0 amide bonds. The summed E-state index contributed by atoms with van der Waals surface area (Å²) in [6.45, 7) is 5.24. The van der Waals surface area contributed by atoms with Crippen molar-refractivity contribution in [1.82, 2.24) is 4.31 Å². The molecule has 1 rings (SSSR count). The third-order valence-corrected chi connectivity index (χ3v) is 4.63. The third-order valence-electron chi connectivity index (χ3n) is 2.77. The van der Waals surface area contributed by atoms with E-state index in [9.17, 15) is 8.42 Å². The maximum atomic E-state index is 12.1. The molecule has 2 N–H and O–H groups in total. The summed E-state index contributed by atoms with van der Waals surface area (Å²) in [7, 11) is -3.28. The van der Waals surface area contributed by atoms with E-state index >= 15 is 0 Å². The van der Waals surface area contributed by atoms with Crippen LogP contribution in [0.25, 0.3) is 0 Å². The Morgan fingerprint density at radius 1 is 1.21 bits per heavy atom. The first-order valence-electron chi connectivity index (χ1n) is 6.39. The molecule has 1 aromatic rings. The van der Waals surface area contributed by atoms with E-state index in [0.717, 1.165) is 5.56 Å². The van der Waals surface area contributed by atoms with Crippen LogP contribution in [0.5, 0.6) is 0 Å². The molecule has 0 atom stereocenters. The lowest BCUT2D eigenvalue weighted by Crippen LogP contribution is -2.33. The van der Waals surface area contributed by atoms with Gasteiger partial charge >= 0.3 is 0 Å². The average molecular weight is 286 g/mol. The number of hydrogen-bond donors (Lipinski definition) is 1. The molecular weight excluding hydrogens is 264 g/mol. The van der Waals surface area contributed by atoms with Crippen LogP contribution in [0, 0.1) is 0 Å². The Labute approximate surface area is 115 Å². The zero-order chi connectivity index (χ0) is 14.3. The monoisotopic (exact) mass is 286 g/mol. The molecule has 0 bridgehead atoms. The zero-order valence-corrected chi connectivity index (χ0v) is 12.3. The summed E-state index contributed by atoms with van der Waals surface area (Å²) < 4.78 is 30.8. The van der Waals surface area contributed by atoms with Gasteiger partial charge in [-0.2, -0.15) is 4.31 Å². The molecule has 108 valence electrons. The Kier molecular flexibility index (Phi) is 6.27. The number of rotatable bonds is 8. The summed E-state index contributed by atoms with van der Waals surface area (Å²) in [5.74, 6) is 0.0175. The van der Waals surface area contributed by atoms with Gasteiger partial charge in [0, 0.05) is 25.4 Å². The van der Waals surface area contributed by atoms with Crippen LogP contribution in [0.4, 0.5) is 5.69 Å². The number of hydrogen-bond acceptors (Lipinski definition) is 4. The van der Waals surface area contributed by atoms with E-state index in [2.05, 4.69) is 0 Å². The van der Waals surface area contributed by atoms with Crippen molar-refractivity contribution in [3.63, 3.8) is 0 Å². The van der Waals surface area contributed by atoms with Crippen molar-refractivity contribution in [2.24, 2.45) is 0 Å². The van der Waals surface area contributed by atoms with Crippen LogP contribution in [0.2, 0.25) is 0 Å². The summed E-state index contributed by atoms with van der Waals surface area (Å²) in [5, 5.41) is 0. The third kappa shape index (κ3) is 5.18. The van der Waals surface area contributed by atoms with Crippen molar-refractivity contribution in [3.8, 4) is 0 Å². The molecule has 0 aliphatic heterocycles. The minimum atomic E-state index is -3.28. The summed E-state index contributed by atoms with van der Waals surface area (Å²) in [5.41, 5.74) is 7.21. The maximum Gasteiger partial charge on any atom is 0.216 e. The van der Waals surface area contributed by atoms with E-state index in [1.807, 2.05) is 26.0 Å². The van der Waals surface area contributed by atoms with Crippen LogP contribution in [-0.4, -0.2) is 38.2 Å². The lowest BCUT2D eigenvalue weighted by molar-refractivity contribution is 0.162. The molecule has 0 unspecified atom stereocenters. The number of nitrogens with zero attached hydrogens (tertiary/aromatic N) is 1. The molecule has 0 saturated heterocycles. The highest BCUT2D eigenvalue weighted by Crippen LogP contribution is 2.12. The maximum absolute atomic E-state index is 12.1. The van der Waals surface area contributed by atoms with Gasteiger partial charge in [-0.25, -0.2) is 8.42 Å². The van der Waals surface area contributed by atoms with E-state index < -0.39 is 10.0 Å². The highest BCUT2D eigenvalue weighted by molar-refractivity contribution is 7.89. The standard InChI is InChI=1S/C13H22N2O3S/c1-3-15(19(16,17)10-9-18-4-2)11-12-5-7-13(14)8-6-12/h5-8H,3-4,9-11,14H2,1-2H3. The van der Waals surface area contributed by atoms with Crippen molar-refractivity contribution < 1.29 is 13.2 Å². The average Bonchev–Trinajstić information content (AvgIpc) is 2.38. The molecule has 0 aromatic heterocycles. The Hall–Kier alpha value is -1.11. The second-order valence-electron chi connectivity index (χ2n) is 4.18. The van der Waals surface area contributed by atoms with Gasteiger partial charge in [-0.1, -0.05) is 19.1 Å². The number of ether oxygens (including phenoxy) is 1. The van der Waals surface area contributed by atoms with Crippen LogP contribution in [0.1, 0.15) is 19.4 Å². The first kappa shape index (κ1) is 15.9. The topological polar surface area (TPSA) is 72.6 Å². The molecule has 0 fully saturated rings. The molecule has 0 heterocycles. The summed E-state index contributed by atoms with van der Waals surface area (Å²) >= 11 is 0. The van der Waals surface area contributed by atoms with Crippen LogP contribution in [-0.2, 0) is 21.3 Å². The van der Waals surface area contributed by atoms with Gasteiger partial charge in [0.1, 0.15) is 0 Å². The smallest absolute Gasteiger partial charge is 0.216 e. The first-order valence-corrected chi connectivity index (χ1v) is 8.00. The molecule has 0 saturated carbocycles. The Bertz CT molecular complexity index is 471. The minimum Gasteiger partial charge on any atom is -0.399 e. The predicted molar refractivity (Wildman–Crippen MR) is 77.2 cm³/mol. The first-order chi connectivity index (χ1) is 8.99. The minimum absolute atomic E-state index is 0.0175. The van der Waals surface area contributed by atoms with Gasteiger partial charge in [-0.05, 0) is 24.6 Å². The number of benzene rings is 1. The zero-order valence-electron chi connectivity index (χ0n) is 11.5. The lowest BCUT2D eigenvalue weighted by atomic mass is 10.2. The fourth-order valence-corrected chi connectivity index (χ4v) is 3.00. The molecule has 19 heavy (non-hydrogen) atoms. The second kappa shape index (κ2) is 7.47. The fourth-order valence-electron chi connectivity index (χ4n) is 1.67. The summed E-state index contributed by atoms with van der Waals surface area (Å²) in [6, 6.07) is 7.23. The van der Waals surface area contributed by atoms with Crippen molar-refractivity contribution in [1.29, 1.82) is 0 Å². The molecule has 5 nitrogen and oxygen atoms in total. The number of nitrogens with two attached hydrogens (primary N) is 1. The Morgan fingerprint density at radius 3 is 2.37 bits per heavy atom. The normalized spacial score (nSPS) is 11.9. The molecule has 0 aliphatic carbocycles. The van der Waals surface area contributed by atoms with Gasteiger partial charge in [-0.3, -0.25) is 0 Å². The SMILES string of the molecule is CCOCCS(=O)(=O)N(CC)Cc1ccc(N)cc1. The van der Waals surface area contributed by atoms with Gasteiger partial charge in [0.2, 0.25) is 10.0 Å². The van der Waals surface area contributed by atoms with Crippen molar-refractivity contribution in [3.05, 3.63) is 29.8 Å². The van der Waals surface area contributed by atoms with Crippen LogP contribution >= 0.6 is 0 Å². The van der Waals surface area contributed by atoms with E-state index in [0.29, 0.717) is 25.4 Å². The van der Waals surface area contributed by atoms with Gasteiger partial charge in [0.15, 0.2) is 0 Å². The van der Waals surface area contributed by atoms with E-state index in [1.165, 1.54) is 4.31 Å². The molecular formula is C13H22N2O3S. The van der Waals surface area contributed by atoms with Crippen molar-refractivity contribution >= 4 is 15.7 Å². The van der Waals surface area contributed by atoms with E-state index in [4.69, 9.17) is 10.5 Å². The quantitative estimate of drug-likeness (QED) is 0.580. The molecule has 6 heteroatoms. The predicted octanol–water partition coefficient (Wildman–Crippen LogP) is 1.46. The number of nitrogen functional groups attached to an aromatic ring is 1. The largest absolute Gasteiger partial charge is 0.399 e. The highest BCUT2D eigenvalue weighted by Gasteiger charge is 2.20. The summed E-state index contributed by atoms with van der Waals surface area (Å²) in [4.78, 5) is 0. The van der Waals surface area contributed by atoms with Crippen LogP contribution in [0.3, 0.4) is 0 Å². The molecule has 0 radical (unpaired) electrons. The van der Waals surface area contributed by atoms with Crippen LogP contribution < -0.4 is 5.73 Å². The number of anilines is 1. The van der Waals surface area contributed by atoms with Gasteiger partial charge in [-0.15, -0.1) is 0 Å². The van der Waals surface area contributed by atoms with Gasteiger partial charge in [0.25, 0.3) is 0 Å². The Balaban J connectivity index is 2.69. The molecule has 1 aromatic carbocycles. The summed E-state index contributed by atoms with van der Waals surface area (Å²) in [6.07, 6.45) is 0. The fraction of sp³-hybridized carbons (Fsp3) is 0.538. The molecule has 0 aliphatic rings. The van der Waals surface area contributed by atoms with Gasteiger partial charge in [0.05, 0.1) is 12.4 Å². The van der Waals surface area contributed by atoms with Crippen LogP contribution in [0.15, 0.2) is 24.3 Å².